The Hall–Kier alpha value is -1.41. The topological polar surface area (TPSA) is 116 Å². The first kappa shape index (κ1) is 13.7. The second-order valence-corrected chi connectivity index (χ2v) is 5.63. The smallest absolute Gasteiger partial charge is 0.246 e. The van der Waals surface area contributed by atoms with Gasteiger partial charge in [-0.3, -0.25) is 10.5 Å². The number of rotatable bonds is 6. The Morgan fingerprint density at radius 2 is 2.29 bits per heavy atom. The Labute approximate surface area is 101 Å². The molecular formula is C9H17N5O2S. The number of aryl methyl sites for hydroxylation is 1. The highest BCUT2D eigenvalue weighted by Gasteiger charge is 2.27. The number of aromatic amines is 1. The molecular weight excluding hydrogens is 242 g/mol. The number of hydrogen-bond donors (Lipinski definition) is 3. The number of sulfonamides is 1. The van der Waals surface area contributed by atoms with Crippen molar-refractivity contribution in [1.82, 2.24) is 14.5 Å². The average molecular weight is 259 g/mol. The lowest BCUT2D eigenvalue weighted by atomic mass is 10.4. The number of nitrogens with zero attached hydrogens (tertiary/aromatic N) is 2. The summed E-state index contributed by atoms with van der Waals surface area (Å²) in [5.74, 6) is -0.178. The second kappa shape index (κ2) is 5.28. The Bertz CT molecular complexity index is 493. The molecule has 0 amide bonds. The van der Waals surface area contributed by atoms with Gasteiger partial charge in [-0.1, -0.05) is 6.92 Å². The highest BCUT2D eigenvalue weighted by atomic mass is 32.2. The van der Waals surface area contributed by atoms with Crippen molar-refractivity contribution < 1.29 is 8.42 Å². The van der Waals surface area contributed by atoms with Crippen LogP contribution in [-0.4, -0.2) is 41.8 Å². The van der Waals surface area contributed by atoms with Crippen LogP contribution in [0.25, 0.3) is 0 Å². The fourth-order valence-corrected chi connectivity index (χ4v) is 3.09. The quantitative estimate of drug-likeness (QED) is 0.494. The van der Waals surface area contributed by atoms with Crippen molar-refractivity contribution in [2.24, 2.45) is 5.73 Å². The Morgan fingerprint density at radius 1 is 1.65 bits per heavy atom. The molecule has 0 unspecified atom stereocenters. The van der Waals surface area contributed by atoms with Crippen LogP contribution in [0.5, 0.6) is 0 Å². The van der Waals surface area contributed by atoms with Crippen LogP contribution in [0.4, 0.5) is 0 Å². The lowest BCUT2D eigenvalue weighted by molar-refractivity contribution is 0.447. The Morgan fingerprint density at radius 3 is 2.71 bits per heavy atom. The van der Waals surface area contributed by atoms with Crippen molar-refractivity contribution >= 4 is 15.9 Å². The molecule has 1 heterocycles. The summed E-state index contributed by atoms with van der Waals surface area (Å²) in [6.45, 7) is 3.73. The zero-order valence-electron chi connectivity index (χ0n) is 9.90. The molecule has 0 atom stereocenters. The summed E-state index contributed by atoms with van der Waals surface area (Å²) in [7, 11) is -3.63. The first-order chi connectivity index (χ1) is 7.89. The van der Waals surface area contributed by atoms with Gasteiger partial charge in [0.2, 0.25) is 10.0 Å². The average Bonchev–Trinajstić information content (AvgIpc) is 2.63. The number of H-pyrrole nitrogens is 1. The van der Waals surface area contributed by atoms with Crippen LogP contribution in [0.1, 0.15) is 19.0 Å². The van der Waals surface area contributed by atoms with Gasteiger partial charge in [-0.2, -0.15) is 9.40 Å². The van der Waals surface area contributed by atoms with Crippen molar-refractivity contribution in [3.05, 3.63) is 11.9 Å². The Balaban J connectivity index is 3.08. The summed E-state index contributed by atoms with van der Waals surface area (Å²) in [5, 5.41) is 13.5. The van der Waals surface area contributed by atoms with Crippen LogP contribution in [0.15, 0.2) is 11.1 Å². The van der Waals surface area contributed by atoms with Crippen molar-refractivity contribution in [3.8, 4) is 0 Å². The lowest BCUT2D eigenvalue weighted by Gasteiger charge is -2.20. The molecule has 0 aliphatic heterocycles. The largest absolute Gasteiger partial charge is 0.387 e. The van der Waals surface area contributed by atoms with Gasteiger partial charge in [-0.05, 0) is 13.3 Å². The summed E-state index contributed by atoms with van der Waals surface area (Å²) in [6, 6.07) is 0. The molecule has 96 valence electrons. The molecule has 17 heavy (non-hydrogen) atoms. The van der Waals surface area contributed by atoms with Crippen molar-refractivity contribution in [2.75, 3.05) is 13.1 Å². The van der Waals surface area contributed by atoms with Crippen molar-refractivity contribution in [3.63, 3.8) is 0 Å². The fourth-order valence-electron chi connectivity index (χ4n) is 1.46. The molecule has 0 radical (unpaired) electrons. The molecule has 8 heteroatoms. The molecule has 7 nitrogen and oxygen atoms in total. The van der Waals surface area contributed by atoms with Gasteiger partial charge in [0.05, 0.1) is 18.4 Å². The van der Waals surface area contributed by atoms with E-state index in [0.717, 1.165) is 0 Å². The van der Waals surface area contributed by atoms with E-state index in [9.17, 15) is 8.42 Å². The zero-order chi connectivity index (χ0) is 13.1. The number of nitrogens with one attached hydrogen (secondary N) is 2. The summed E-state index contributed by atoms with van der Waals surface area (Å²) in [4.78, 5) is 0.132. The van der Waals surface area contributed by atoms with E-state index in [1.165, 1.54) is 10.5 Å². The minimum atomic E-state index is -3.63. The van der Waals surface area contributed by atoms with Gasteiger partial charge in [-0.15, -0.1) is 0 Å². The third-order valence-electron chi connectivity index (χ3n) is 2.22. The maximum Gasteiger partial charge on any atom is 0.246 e. The minimum Gasteiger partial charge on any atom is -0.387 e. The second-order valence-electron chi connectivity index (χ2n) is 3.72. The lowest BCUT2D eigenvalue weighted by Crippen LogP contribution is -2.38. The predicted molar refractivity (Wildman–Crippen MR) is 64.3 cm³/mol. The first-order valence-electron chi connectivity index (χ1n) is 5.22. The highest BCUT2D eigenvalue weighted by molar-refractivity contribution is 7.89. The summed E-state index contributed by atoms with van der Waals surface area (Å²) in [6.07, 6.45) is 1.93. The molecule has 1 aromatic rings. The van der Waals surface area contributed by atoms with Crippen LogP contribution in [0, 0.1) is 12.3 Å². The Kier molecular flexibility index (Phi) is 4.24. The molecule has 0 saturated heterocycles. The van der Waals surface area contributed by atoms with Gasteiger partial charge in [0.25, 0.3) is 0 Å². The molecule has 0 aromatic carbocycles. The van der Waals surface area contributed by atoms with E-state index in [1.54, 1.807) is 6.92 Å². The summed E-state index contributed by atoms with van der Waals surface area (Å²) < 4.78 is 25.7. The van der Waals surface area contributed by atoms with Crippen molar-refractivity contribution in [1.29, 1.82) is 5.41 Å². The predicted octanol–water partition coefficient (Wildman–Crippen LogP) is 0.0548. The van der Waals surface area contributed by atoms with E-state index >= 15 is 0 Å². The number of aromatic nitrogens is 2. The third-order valence-corrected chi connectivity index (χ3v) is 4.18. The van der Waals surface area contributed by atoms with E-state index in [0.29, 0.717) is 18.7 Å². The van der Waals surface area contributed by atoms with E-state index < -0.39 is 10.0 Å². The maximum absolute atomic E-state index is 12.3. The van der Waals surface area contributed by atoms with Crippen molar-refractivity contribution in [2.45, 2.75) is 25.2 Å². The van der Waals surface area contributed by atoms with Gasteiger partial charge in [0, 0.05) is 6.54 Å². The third kappa shape index (κ3) is 3.04. The molecule has 0 saturated carbocycles. The molecule has 0 spiro atoms. The molecule has 1 rings (SSSR count). The number of nitrogens with two attached hydrogens (primary N) is 1. The molecule has 0 fully saturated rings. The molecule has 0 aliphatic rings. The minimum absolute atomic E-state index is 0.0964. The van der Waals surface area contributed by atoms with Crippen LogP contribution in [-0.2, 0) is 10.0 Å². The van der Waals surface area contributed by atoms with Crippen LogP contribution in [0.3, 0.4) is 0 Å². The number of amidine groups is 1. The van der Waals surface area contributed by atoms with E-state index in [4.69, 9.17) is 11.1 Å². The zero-order valence-corrected chi connectivity index (χ0v) is 10.7. The standard InChI is InChI=1S/C9H17N5O2S/c1-3-4-14(6-9(10)11)17(15,16)8-5-12-13-7(8)2/h5H,3-4,6H2,1-2H3,(H3,10,11)(H,12,13). The van der Waals surface area contributed by atoms with Gasteiger partial charge in [0.15, 0.2) is 0 Å². The summed E-state index contributed by atoms with van der Waals surface area (Å²) in [5.41, 5.74) is 5.75. The van der Waals surface area contributed by atoms with Gasteiger partial charge in [0.1, 0.15) is 10.7 Å². The van der Waals surface area contributed by atoms with Gasteiger partial charge >= 0.3 is 0 Å². The molecule has 0 aliphatic carbocycles. The van der Waals surface area contributed by atoms with Crippen LogP contribution < -0.4 is 5.73 Å². The van der Waals surface area contributed by atoms with Gasteiger partial charge in [-0.25, -0.2) is 8.42 Å². The van der Waals surface area contributed by atoms with E-state index in [2.05, 4.69) is 10.2 Å². The van der Waals surface area contributed by atoms with Gasteiger partial charge < -0.3 is 5.73 Å². The van der Waals surface area contributed by atoms with Crippen LogP contribution in [0.2, 0.25) is 0 Å². The van der Waals surface area contributed by atoms with E-state index in [1.807, 2.05) is 6.92 Å². The highest BCUT2D eigenvalue weighted by Crippen LogP contribution is 2.17. The monoisotopic (exact) mass is 259 g/mol. The molecule has 0 bridgehead atoms. The molecule has 1 aromatic heterocycles. The first-order valence-corrected chi connectivity index (χ1v) is 6.66. The van der Waals surface area contributed by atoms with E-state index in [-0.39, 0.29) is 17.3 Å². The summed E-state index contributed by atoms with van der Waals surface area (Å²) >= 11 is 0. The normalized spacial score (nSPS) is 11.9. The number of hydrogen-bond acceptors (Lipinski definition) is 4. The van der Waals surface area contributed by atoms with Crippen LogP contribution >= 0.6 is 0 Å². The fraction of sp³-hybridized carbons (Fsp3) is 0.556. The maximum atomic E-state index is 12.3. The SMILES string of the molecule is CCCN(CC(=N)N)S(=O)(=O)c1cn[nH]c1C. The molecule has 4 N–H and O–H groups in total.